The summed E-state index contributed by atoms with van der Waals surface area (Å²) in [6.07, 6.45) is 1.66. The van der Waals surface area contributed by atoms with Crippen LogP contribution in [0.15, 0.2) is 18.2 Å². The third-order valence-corrected chi connectivity index (χ3v) is 4.40. The lowest BCUT2D eigenvalue weighted by molar-refractivity contribution is 0.0292. The van der Waals surface area contributed by atoms with Gasteiger partial charge in [-0.1, -0.05) is 18.5 Å². The highest BCUT2D eigenvalue weighted by Gasteiger charge is 2.32. The lowest BCUT2D eigenvalue weighted by Crippen LogP contribution is -2.39. The van der Waals surface area contributed by atoms with Gasteiger partial charge in [0.1, 0.15) is 5.60 Å². The lowest BCUT2D eigenvalue weighted by Gasteiger charge is -2.29. The Labute approximate surface area is 144 Å². The van der Waals surface area contributed by atoms with Crippen LogP contribution < -0.4 is 4.90 Å². The quantitative estimate of drug-likeness (QED) is 0.821. The molecule has 0 radical (unpaired) electrons. The molecule has 1 amide bonds. The molecule has 1 aromatic carbocycles. The summed E-state index contributed by atoms with van der Waals surface area (Å²) in [5.41, 5.74) is 1.97. The SMILES string of the molecule is CCc1cc(Cl)ccc1N(C)C1CCN(C(=O)OC(C)(C)C)C1. The van der Waals surface area contributed by atoms with Crippen molar-refractivity contribution in [1.82, 2.24) is 4.90 Å². The van der Waals surface area contributed by atoms with Crippen molar-refractivity contribution in [1.29, 1.82) is 0 Å². The van der Waals surface area contributed by atoms with Gasteiger partial charge < -0.3 is 14.5 Å². The number of carbonyl (C=O) groups excluding carboxylic acids is 1. The van der Waals surface area contributed by atoms with E-state index in [0.29, 0.717) is 12.6 Å². The fraction of sp³-hybridized carbons (Fsp3) is 0.611. The topological polar surface area (TPSA) is 32.8 Å². The van der Waals surface area contributed by atoms with E-state index in [-0.39, 0.29) is 6.09 Å². The van der Waals surface area contributed by atoms with E-state index >= 15 is 0 Å². The number of likely N-dealkylation sites (tertiary alicyclic amines) is 1. The molecule has 1 aliphatic heterocycles. The summed E-state index contributed by atoms with van der Waals surface area (Å²) < 4.78 is 5.47. The highest BCUT2D eigenvalue weighted by atomic mass is 35.5. The van der Waals surface area contributed by atoms with Gasteiger partial charge in [0.15, 0.2) is 0 Å². The lowest BCUT2D eigenvalue weighted by atomic mass is 10.1. The average molecular weight is 339 g/mol. The van der Waals surface area contributed by atoms with Crippen molar-refractivity contribution in [3.05, 3.63) is 28.8 Å². The molecule has 1 atom stereocenters. The highest BCUT2D eigenvalue weighted by Crippen LogP contribution is 2.28. The van der Waals surface area contributed by atoms with Crippen molar-refractivity contribution < 1.29 is 9.53 Å². The number of amides is 1. The minimum atomic E-state index is -0.452. The van der Waals surface area contributed by atoms with Crippen LogP contribution in [-0.2, 0) is 11.2 Å². The summed E-state index contributed by atoms with van der Waals surface area (Å²) in [5.74, 6) is 0. The van der Waals surface area contributed by atoms with E-state index in [1.54, 1.807) is 4.90 Å². The van der Waals surface area contributed by atoms with Gasteiger partial charge in [0.2, 0.25) is 0 Å². The molecule has 0 saturated carbocycles. The summed E-state index contributed by atoms with van der Waals surface area (Å²) >= 11 is 6.10. The van der Waals surface area contributed by atoms with E-state index in [0.717, 1.165) is 24.4 Å². The first-order valence-corrected chi connectivity index (χ1v) is 8.58. The zero-order valence-corrected chi connectivity index (χ0v) is 15.5. The number of anilines is 1. The van der Waals surface area contributed by atoms with Gasteiger partial charge in [0, 0.05) is 36.9 Å². The number of aryl methyl sites for hydroxylation is 1. The van der Waals surface area contributed by atoms with Crippen molar-refractivity contribution in [3.8, 4) is 0 Å². The molecular weight excluding hydrogens is 312 g/mol. The normalized spacial score (nSPS) is 18.2. The van der Waals surface area contributed by atoms with Gasteiger partial charge in [-0.15, -0.1) is 0 Å². The number of hydrogen-bond acceptors (Lipinski definition) is 3. The van der Waals surface area contributed by atoms with Crippen LogP contribution in [0.25, 0.3) is 0 Å². The van der Waals surface area contributed by atoms with E-state index in [9.17, 15) is 4.79 Å². The van der Waals surface area contributed by atoms with Gasteiger partial charge in [-0.05, 0) is 57.4 Å². The zero-order valence-electron chi connectivity index (χ0n) is 14.7. The number of rotatable bonds is 3. The number of carbonyl (C=O) groups is 1. The number of benzene rings is 1. The van der Waals surface area contributed by atoms with Gasteiger partial charge in [-0.2, -0.15) is 0 Å². The molecule has 0 bridgehead atoms. The Balaban J connectivity index is 2.05. The van der Waals surface area contributed by atoms with E-state index in [2.05, 4.69) is 24.9 Å². The third kappa shape index (κ3) is 4.54. The fourth-order valence-corrected chi connectivity index (χ4v) is 3.12. The average Bonchev–Trinajstić information content (AvgIpc) is 2.94. The highest BCUT2D eigenvalue weighted by molar-refractivity contribution is 6.30. The smallest absolute Gasteiger partial charge is 0.410 e. The van der Waals surface area contributed by atoms with Crippen LogP contribution in [0.2, 0.25) is 5.02 Å². The fourth-order valence-electron chi connectivity index (χ4n) is 2.93. The first-order chi connectivity index (χ1) is 10.7. The second-order valence-electron chi connectivity index (χ2n) is 7.11. The Hall–Kier alpha value is -1.42. The molecule has 1 heterocycles. The number of ether oxygens (including phenoxy) is 1. The van der Waals surface area contributed by atoms with Crippen LogP contribution in [0.5, 0.6) is 0 Å². The van der Waals surface area contributed by atoms with Crippen molar-refractivity contribution >= 4 is 23.4 Å². The molecule has 23 heavy (non-hydrogen) atoms. The van der Waals surface area contributed by atoms with Crippen molar-refractivity contribution in [3.63, 3.8) is 0 Å². The Morgan fingerprint density at radius 3 is 2.74 bits per heavy atom. The van der Waals surface area contributed by atoms with E-state index in [1.165, 1.54) is 11.3 Å². The maximum atomic E-state index is 12.2. The minimum absolute atomic E-state index is 0.222. The third-order valence-electron chi connectivity index (χ3n) is 4.17. The van der Waals surface area contributed by atoms with Crippen LogP contribution >= 0.6 is 11.6 Å². The van der Waals surface area contributed by atoms with Crippen molar-refractivity contribution in [2.45, 2.75) is 52.2 Å². The van der Waals surface area contributed by atoms with Gasteiger partial charge >= 0.3 is 6.09 Å². The number of nitrogens with zero attached hydrogens (tertiary/aromatic N) is 2. The standard InChI is InChI=1S/C18H27ClN2O2/c1-6-13-11-14(19)7-8-16(13)20(5)15-9-10-21(12-15)17(22)23-18(2,3)4/h7-8,11,15H,6,9-10,12H2,1-5H3. The Morgan fingerprint density at radius 1 is 1.43 bits per heavy atom. The molecule has 5 heteroatoms. The number of hydrogen-bond donors (Lipinski definition) is 0. The zero-order chi connectivity index (χ0) is 17.2. The largest absolute Gasteiger partial charge is 0.444 e. The molecule has 128 valence electrons. The van der Waals surface area contributed by atoms with Crippen LogP contribution in [0.3, 0.4) is 0 Å². The molecule has 1 fully saturated rings. The molecule has 1 aliphatic rings. The summed E-state index contributed by atoms with van der Waals surface area (Å²) in [7, 11) is 2.09. The second-order valence-corrected chi connectivity index (χ2v) is 7.54. The maximum absolute atomic E-state index is 12.2. The molecule has 0 spiro atoms. The van der Waals surface area contributed by atoms with Gasteiger partial charge in [0.25, 0.3) is 0 Å². The predicted octanol–water partition coefficient (Wildman–Crippen LogP) is 4.35. The molecular formula is C18H27ClN2O2. The van der Waals surface area contributed by atoms with E-state index < -0.39 is 5.60 Å². The van der Waals surface area contributed by atoms with Gasteiger partial charge in [-0.25, -0.2) is 4.79 Å². The molecule has 0 N–H and O–H groups in total. The number of halogens is 1. The van der Waals surface area contributed by atoms with Gasteiger partial charge in [-0.3, -0.25) is 0 Å². The van der Waals surface area contributed by atoms with Gasteiger partial charge in [0.05, 0.1) is 0 Å². The van der Waals surface area contributed by atoms with Crippen LogP contribution in [0.1, 0.15) is 39.7 Å². The monoisotopic (exact) mass is 338 g/mol. The second kappa shape index (κ2) is 7.00. The summed E-state index contributed by atoms with van der Waals surface area (Å²) in [5, 5.41) is 0.765. The summed E-state index contributed by atoms with van der Waals surface area (Å²) in [4.78, 5) is 16.3. The minimum Gasteiger partial charge on any atom is -0.444 e. The molecule has 1 unspecified atom stereocenters. The van der Waals surface area contributed by atoms with E-state index in [1.807, 2.05) is 32.9 Å². The van der Waals surface area contributed by atoms with Crippen LogP contribution in [-0.4, -0.2) is 42.8 Å². The van der Waals surface area contributed by atoms with Crippen LogP contribution in [0, 0.1) is 0 Å². The van der Waals surface area contributed by atoms with Crippen LogP contribution in [0.4, 0.5) is 10.5 Å². The van der Waals surface area contributed by atoms with Crippen molar-refractivity contribution in [2.24, 2.45) is 0 Å². The molecule has 1 saturated heterocycles. The Kier molecular flexibility index (Phi) is 5.45. The number of likely N-dealkylation sites (N-methyl/N-ethyl adjacent to an activating group) is 1. The molecule has 0 aromatic heterocycles. The first-order valence-electron chi connectivity index (χ1n) is 8.20. The summed E-state index contributed by atoms with van der Waals surface area (Å²) in [6.45, 7) is 9.24. The Morgan fingerprint density at radius 2 is 2.13 bits per heavy atom. The van der Waals surface area contributed by atoms with E-state index in [4.69, 9.17) is 16.3 Å². The summed E-state index contributed by atoms with van der Waals surface area (Å²) in [6, 6.07) is 6.31. The molecule has 4 nitrogen and oxygen atoms in total. The Bertz CT molecular complexity index is 569. The molecule has 2 rings (SSSR count). The van der Waals surface area contributed by atoms with Crippen molar-refractivity contribution in [2.75, 3.05) is 25.0 Å². The molecule has 0 aliphatic carbocycles. The first kappa shape index (κ1) is 17.9. The maximum Gasteiger partial charge on any atom is 0.410 e. The molecule has 1 aromatic rings. The predicted molar refractivity (Wildman–Crippen MR) is 95.4 cm³/mol.